The molecule has 1 amide bonds. The van der Waals surface area contributed by atoms with Crippen molar-refractivity contribution in [2.45, 2.75) is 17.6 Å². The fourth-order valence-electron chi connectivity index (χ4n) is 2.16. The first kappa shape index (κ1) is 13.0. The number of hydrogen-bond donors (Lipinski definition) is 0. The maximum atomic E-state index is 12.2. The van der Waals surface area contributed by atoms with Crippen LogP contribution in [0.3, 0.4) is 0 Å². The Bertz CT molecular complexity index is 483. The van der Waals surface area contributed by atoms with Crippen molar-refractivity contribution < 1.29 is 4.79 Å². The van der Waals surface area contributed by atoms with Crippen LogP contribution in [0.4, 0.5) is 0 Å². The number of aryl methyl sites for hydroxylation is 1. The molecule has 0 N–H and O–H groups in total. The molecular formula is C12H16N4OS. The largest absolute Gasteiger partial charge is 0.337 e. The van der Waals surface area contributed by atoms with E-state index < -0.39 is 0 Å². The van der Waals surface area contributed by atoms with Crippen LogP contribution in [0.2, 0.25) is 0 Å². The van der Waals surface area contributed by atoms with E-state index in [1.54, 1.807) is 28.9 Å². The Morgan fingerprint density at radius 1 is 1.56 bits per heavy atom. The fraction of sp³-hybridized carbons (Fsp3) is 0.583. The van der Waals surface area contributed by atoms with Crippen LogP contribution >= 0.6 is 11.8 Å². The van der Waals surface area contributed by atoms with Gasteiger partial charge in [0, 0.05) is 20.1 Å². The predicted octanol–water partition coefficient (Wildman–Crippen LogP) is 1.28. The average molecular weight is 264 g/mol. The molecule has 0 aliphatic carbocycles. The Morgan fingerprint density at radius 2 is 2.22 bits per heavy atom. The lowest BCUT2D eigenvalue weighted by Crippen LogP contribution is -2.44. The van der Waals surface area contributed by atoms with Crippen molar-refractivity contribution in [3.05, 3.63) is 18.2 Å². The van der Waals surface area contributed by atoms with Gasteiger partial charge in [0.2, 0.25) is 0 Å². The molecule has 0 unspecified atom stereocenters. The van der Waals surface area contributed by atoms with Crippen molar-refractivity contribution in [3.8, 4) is 6.07 Å². The number of imidazole rings is 1. The molecular weight excluding hydrogens is 248 g/mol. The summed E-state index contributed by atoms with van der Waals surface area (Å²) in [6.45, 7) is 1.27. The Balaban J connectivity index is 2.05. The summed E-state index contributed by atoms with van der Waals surface area (Å²) in [7, 11) is 1.81. The molecule has 0 saturated carbocycles. The molecule has 1 aliphatic heterocycles. The number of hydrogen-bond acceptors (Lipinski definition) is 4. The zero-order valence-corrected chi connectivity index (χ0v) is 11.4. The Hall–Kier alpha value is -1.48. The lowest BCUT2D eigenvalue weighted by molar-refractivity contribution is 0.0707. The monoisotopic (exact) mass is 264 g/mol. The molecule has 2 rings (SSSR count). The summed E-state index contributed by atoms with van der Waals surface area (Å²) in [6.07, 6.45) is 6.63. The van der Waals surface area contributed by atoms with Gasteiger partial charge >= 0.3 is 0 Å². The molecule has 0 radical (unpaired) electrons. The van der Waals surface area contributed by atoms with Gasteiger partial charge in [0.15, 0.2) is 0 Å². The molecule has 1 aliphatic rings. The Labute approximate surface area is 111 Å². The minimum Gasteiger partial charge on any atom is -0.337 e. The van der Waals surface area contributed by atoms with Gasteiger partial charge in [0.05, 0.1) is 18.6 Å². The lowest BCUT2D eigenvalue weighted by Gasteiger charge is -2.36. The van der Waals surface area contributed by atoms with E-state index in [1.807, 2.05) is 18.2 Å². The summed E-state index contributed by atoms with van der Waals surface area (Å²) in [4.78, 5) is 18.0. The molecule has 0 bridgehead atoms. The second kappa shape index (κ2) is 5.02. The van der Waals surface area contributed by atoms with Gasteiger partial charge in [-0.25, -0.2) is 4.98 Å². The third-order valence-electron chi connectivity index (χ3n) is 3.49. The first-order valence-corrected chi connectivity index (χ1v) is 7.06. The van der Waals surface area contributed by atoms with Crippen LogP contribution in [0.5, 0.6) is 0 Å². The highest BCUT2D eigenvalue weighted by Crippen LogP contribution is 2.34. The Morgan fingerprint density at radius 3 is 2.67 bits per heavy atom. The highest BCUT2D eigenvalue weighted by Gasteiger charge is 2.35. The van der Waals surface area contributed by atoms with Crippen molar-refractivity contribution in [2.24, 2.45) is 7.05 Å². The van der Waals surface area contributed by atoms with Gasteiger partial charge in [-0.3, -0.25) is 4.79 Å². The van der Waals surface area contributed by atoms with Crippen LogP contribution in [0.15, 0.2) is 12.5 Å². The molecule has 0 aromatic carbocycles. The molecule has 1 aromatic rings. The zero-order valence-electron chi connectivity index (χ0n) is 10.6. The highest BCUT2D eigenvalue weighted by molar-refractivity contribution is 8.00. The van der Waals surface area contributed by atoms with Crippen LogP contribution in [0.1, 0.15) is 23.3 Å². The maximum absolute atomic E-state index is 12.2. The highest BCUT2D eigenvalue weighted by atomic mass is 32.2. The molecule has 1 fully saturated rings. The van der Waals surface area contributed by atoms with Gasteiger partial charge in [-0.2, -0.15) is 5.26 Å². The van der Waals surface area contributed by atoms with Crippen molar-refractivity contribution in [3.63, 3.8) is 0 Å². The van der Waals surface area contributed by atoms with Crippen molar-refractivity contribution >= 4 is 17.7 Å². The van der Waals surface area contributed by atoms with Crippen LogP contribution in [0, 0.1) is 11.3 Å². The van der Waals surface area contributed by atoms with E-state index in [-0.39, 0.29) is 10.7 Å². The van der Waals surface area contributed by atoms with Gasteiger partial charge in [-0.15, -0.1) is 11.8 Å². The fourth-order valence-corrected chi connectivity index (χ4v) is 2.84. The van der Waals surface area contributed by atoms with Crippen LogP contribution in [0.25, 0.3) is 0 Å². The number of carbonyl (C=O) groups excluding carboxylic acids is 1. The number of piperidine rings is 1. The van der Waals surface area contributed by atoms with E-state index in [4.69, 9.17) is 0 Å². The standard InChI is InChI=1S/C12H16N4OS/c1-15-9-14-7-10(15)11(17)16-5-3-12(8-13,18-2)4-6-16/h7,9H,3-6H2,1-2H3. The predicted molar refractivity (Wildman–Crippen MR) is 70.2 cm³/mol. The van der Waals surface area contributed by atoms with Crippen LogP contribution in [-0.2, 0) is 7.05 Å². The molecule has 2 heterocycles. The van der Waals surface area contributed by atoms with E-state index in [0.29, 0.717) is 18.8 Å². The minimum atomic E-state index is -0.316. The molecule has 1 aromatic heterocycles. The smallest absolute Gasteiger partial charge is 0.272 e. The number of likely N-dealkylation sites (tertiary alicyclic amines) is 1. The lowest BCUT2D eigenvalue weighted by atomic mass is 9.97. The number of carbonyl (C=O) groups is 1. The van der Waals surface area contributed by atoms with Crippen molar-refractivity contribution in [1.29, 1.82) is 5.26 Å². The third kappa shape index (κ3) is 2.23. The van der Waals surface area contributed by atoms with E-state index >= 15 is 0 Å². The number of rotatable bonds is 2. The van der Waals surface area contributed by atoms with E-state index in [2.05, 4.69) is 11.1 Å². The molecule has 6 heteroatoms. The second-order valence-electron chi connectivity index (χ2n) is 4.49. The summed E-state index contributed by atoms with van der Waals surface area (Å²) in [5.41, 5.74) is 0.601. The summed E-state index contributed by atoms with van der Waals surface area (Å²) >= 11 is 1.59. The molecule has 5 nitrogen and oxygen atoms in total. The Kier molecular flexibility index (Phi) is 3.62. The zero-order chi connectivity index (χ0) is 13.2. The molecule has 0 spiro atoms. The normalized spacial score (nSPS) is 18.4. The van der Waals surface area contributed by atoms with Gasteiger partial charge in [-0.1, -0.05) is 0 Å². The minimum absolute atomic E-state index is 0.00245. The van der Waals surface area contributed by atoms with Crippen molar-refractivity contribution in [1.82, 2.24) is 14.5 Å². The second-order valence-corrected chi connectivity index (χ2v) is 5.68. The number of aromatic nitrogens is 2. The summed E-state index contributed by atoms with van der Waals surface area (Å²) in [5.74, 6) is 0.00245. The topological polar surface area (TPSA) is 61.9 Å². The maximum Gasteiger partial charge on any atom is 0.272 e. The first-order chi connectivity index (χ1) is 8.62. The summed E-state index contributed by atoms with van der Waals surface area (Å²) < 4.78 is 1.41. The number of thioether (sulfide) groups is 1. The summed E-state index contributed by atoms with van der Waals surface area (Å²) in [6, 6.07) is 2.38. The molecule has 18 heavy (non-hydrogen) atoms. The number of nitrogens with zero attached hydrogens (tertiary/aromatic N) is 4. The van der Waals surface area contributed by atoms with E-state index in [0.717, 1.165) is 12.8 Å². The SMILES string of the molecule is CSC1(C#N)CCN(C(=O)c2cncn2C)CC1. The quantitative estimate of drug-likeness (QED) is 0.807. The van der Waals surface area contributed by atoms with Gasteiger partial charge in [0.25, 0.3) is 5.91 Å². The van der Waals surface area contributed by atoms with Gasteiger partial charge in [-0.05, 0) is 19.1 Å². The van der Waals surface area contributed by atoms with Gasteiger partial charge < -0.3 is 9.47 Å². The number of amides is 1. The molecule has 96 valence electrons. The van der Waals surface area contributed by atoms with Crippen LogP contribution < -0.4 is 0 Å². The van der Waals surface area contributed by atoms with Crippen LogP contribution in [-0.4, -0.2) is 44.5 Å². The molecule has 0 atom stereocenters. The average Bonchev–Trinajstić information content (AvgIpc) is 2.84. The van der Waals surface area contributed by atoms with E-state index in [1.165, 1.54) is 0 Å². The third-order valence-corrected chi connectivity index (χ3v) is 4.77. The van der Waals surface area contributed by atoms with E-state index in [9.17, 15) is 10.1 Å². The summed E-state index contributed by atoms with van der Waals surface area (Å²) in [5, 5.41) is 9.21. The molecule has 1 saturated heterocycles. The number of nitriles is 1. The van der Waals surface area contributed by atoms with Gasteiger partial charge in [0.1, 0.15) is 10.4 Å². The van der Waals surface area contributed by atoms with Crippen molar-refractivity contribution in [2.75, 3.05) is 19.3 Å². The first-order valence-electron chi connectivity index (χ1n) is 5.84.